The van der Waals surface area contributed by atoms with Gasteiger partial charge in [0.25, 0.3) is 17.7 Å². The summed E-state index contributed by atoms with van der Waals surface area (Å²) in [7, 11) is 0. The Morgan fingerprint density at radius 1 is 1.17 bits per heavy atom. The van der Waals surface area contributed by atoms with Crippen molar-refractivity contribution in [1.29, 1.82) is 0 Å². The van der Waals surface area contributed by atoms with E-state index in [1.165, 1.54) is 0 Å². The Morgan fingerprint density at radius 2 is 1.83 bits per heavy atom. The molecule has 4 unspecified atom stereocenters. The van der Waals surface area contributed by atoms with Gasteiger partial charge in [0.2, 0.25) is 0 Å². The number of hydrazine groups is 1. The zero-order valence-electron chi connectivity index (χ0n) is 16.5. The third-order valence-electron chi connectivity index (χ3n) is 7.47. The van der Waals surface area contributed by atoms with Crippen LogP contribution in [-0.4, -0.2) is 34.3 Å². The van der Waals surface area contributed by atoms with E-state index in [4.69, 9.17) is 0 Å². The fourth-order valence-electron chi connectivity index (χ4n) is 5.95. The van der Waals surface area contributed by atoms with Crippen LogP contribution in [0.15, 0.2) is 36.4 Å². The van der Waals surface area contributed by atoms with E-state index >= 15 is 0 Å². The lowest BCUT2D eigenvalue weighted by molar-refractivity contribution is -0.156. The average Bonchev–Trinajstić information content (AvgIpc) is 3.49. The molecule has 3 amide bonds. The highest BCUT2D eigenvalue weighted by atomic mass is 19.4. The van der Waals surface area contributed by atoms with Crippen molar-refractivity contribution in [2.75, 3.05) is 6.54 Å². The van der Waals surface area contributed by atoms with Crippen LogP contribution in [0.5, 0.6) is 0 Å². The van der Waals surface area contributed by atoms with Gasteiger partial charge in [-0.05, 0) is 68.2 Å². The van der Waals surface area contributed by atoms with E-state index in [1.54, 1.807) is 6.92 Å². The van der Waals surface area contributed by atoms with Crippen LogP contribution in [-0.2, 0) is 15.8 Å². The molecule has 0 spiro atoms. The number of halogens is 3. The van der Waals surface area contributed by atoms with Crippen molar-refractivity contribution in [3.8, 4) is 0 Å². The summed E-state index contributed by atoms with van der Waals surface area (Å²) in [6, 6.07) is 3.81. The maximum absolute atomic E-state index is 13.5. The zero-order chi connectivity index (χ0) is 21.6. The molecule has 5 nitrogen and oxygen atoms in total. The largest absolute Gasteiger partial charge is 0.416 e. The first kappa shape index (κ1) is 19.3. The van der Waals surface area contributed by atoms with Crippen molar-refractivity contribution in [1.82, 2.24) is 10.0 Å². The molecule has 0 radical (unpaired) electrons. The number of alkyl halides is 3. The second kappa shape index (κ2) is 5.95. The Balaban J connectivity index is 1.47. The Labute approximate surface area is 171 Å². The summed E-state index contributed by atoms with van der Waals surface area (Å²) < 4.78 is 38.5. The van der Waals surface area contributed by atoms with Crippen molar-refractivity contribution in [3.63, 3.8) is 0 Å². The first-order valence-electron chi connectivity index (χ1n) is 10.2. The van der Waals surface area contributed by atoms with Gasteiger partial charge in [0.1, 0.15) is 0 Å². The lowest BCUT2D eigenvalue weighted by Gasteiger charge is -2.45. The molecule has 1 aromatic rings. The fraction of sp³-hybridized carbons (Fsp3) is 0.500. The number of rotatable bonds is 3. The molecule has 1 aliphatic heterocycles. The van der Waals surface area contributed by atoms with Crippen molar-refractivity contribution >= 4 is 17.7 Å². The topological polar surface area (TPSA) is 57.7 Å². The number of benzene rings is 1. The van der Waals surface area contributed by atoms with Gasteiger partial charge >= 0.3 is 6.18 Å². The summed E-state index contributed by atoms with van der Waals surface area (Å²) in [5.41, 5.74) is -1.74. The molecular weight excluding hydrogens is 397 g/mol. The molecular formula is C22H21F3N2O3. The molecule has 1 saturated heterocycles. The summed E-state index contributed by atoms with van der Waals surface area (Å²) >= 11 is 0. The van der Waals surface area contributed by atoms with Crippen LogP contribution in [0.25, 0.3) is 0 Å². The Kier molecular flexibility index (Phi) is 3.84. The van der Waals surface area contributed by atoms with E-state index in [0.29, 0.717) is 11.8 Å². The SMILES string of the molecule is CCN(C(=O)c1ccc(C(F)(F)F)cc1)N1C(=O)[C@H]2C3C=CC(C4CC43)[C@@]2(C)C1=O. The second-order valence-corrected chi connectivity index (χ2v) is 8.86. The van der Waals surface area contributed by atoms with Gasteiger partial charge < -0.3 is 0 Å². The highest BCUT2D eigenvalue weighted by Gasteiger charge is 2.73. The number of allylic oxidation sites excluding steroid dienone is 2. The molecule has 30 heavy (non-hydrogen) atoms. The van der Waals surface area contributed by atoms with Gasteiger partial charge in [-0.3, -0.25) is 14.4 Å². The van der Waals surface area contributed by atoms with Crippen LogP contribution in [0.4, 0.5) is 13.2 Å². The van der Waals surface area contributed by atoms with Crippen molar-refractivity contribution in [2.45, 2.75) is 26.4 Å². The summed E-state index contributed by atoms with van der Waals surface area (Å²) in [6.07, 6.45) is 0.618. The molecule has 0 N–H and O–H groups in total. The number of hydrogen-bond donors (Lipinski definition) is 0. The van der Waals surface area contributed by atoms with Gasteiger partial charge in [-0.15, -0.1) is 0 Å². The number of carbonyl (C=O) groups excluding carboxylic acids is 3. The normalized spacial score (nSPS) is 36.0. The minimum atomic E-state index is -4.51. The highest BCUT2D eigenvalue weighted by molar-refractivity contribution is 6.10. The van der Waals surface area contributed by atoms with E-state index in [0.717, 1.165) is 40.7 Å². The summed E-state index contributed by atoms with van der Waals surface area (Å²) in [6.45, 7) is 3.51. The lowest BCUT2D eigenvalue weighted by atomic mass is 9.55. The molecule has 2 saturated carbocycles. The number of imide groups is 1. The first-order valence-corrected chi connectivity index (χ1v) is 10.2. The van der Waals surface area contributed by atoms with Crippen molar-refractivity contribution in [2.24, 2.45) is 35.0 Å². The van der Waals surface area contributed by atoms with Gasteiger partial charge in [-0.25, -0.2) is 5.01 Å². The number of nitrogens with zero attached hydrogens (tertiary/aromatic N) is 2. The number of carbonyl (C=O) groups is 3. The smallest absolute Gasteiger partial charge is 0.272 e. The predicted octanol–water partition coefficient (Wildman–Crippen LogP) is 3.53. The maximum Gasteiger partial charge on any atom is 0.416 e. The molecule has 6 atom stereocenters. The van der Waals surface area contributed by atoms with Gasteiger partial charge in [0, 0.05) is 12.1 Å². The van der Waals surface area contributed by atoms with Gasteiger partial charge in [-0.2, -0.15) is 18.2 Å². The maximum atomic E-state index is 13.5. The summed E-state index contributed by atoms with van der Waals surface area (Å²) in [4.78, 5) is 39.9. The Hall–Kier alpha value is -2.64. The van der Waals surface area contributed by atoms with Crippen LogP contribution in [0.2, 0.25) is 0 Å². The molecule has 2 bridgehead atoms. The minimum Gasteiger partial charge on any atom is -0.272 e. The Bertz CT molecular complexity index is 986. The quantitative estimate of drug-likeness (QED) is 0.558. The fourth-order valence-corrected chi connectivity index (χ4v) is 5.95. The van der Waals surface area contributed by atoms with E-state index in [-0.39, 0.29) is 35.8 Å². The molecule has 5 aliphatic rings. The highest BCUT2D eigenvalue weighted by Crippen LogP contribution is 2.70. The number of hydrogen-bond acceptors (Lipinski definition) is 3. The van der Waals surface area contributed by atoms with E-state index in [1.807, 2.05) is 13.0 Å². The van der Waals surface area contributed by atoms with E-state index in [9.17, 15) is 27.6 Å². The third-order valence-corrected chi connectivity index (χ3v) is 7.47. The monoisotopic (exact) mass is 418 g/mol. The Morgan fingerprint density at radius 3 is 2.43 bits per heavy atom. The van der Waals surface area contributed by atoms with Crippen LogP contribution in [0, 0.1) is 35.0 Å². The molecule has 1 aromatic carbocycles. The first-order chi connectivity index (χ1) is 14.1. The second-order valence-electron chi connectivity index (χ2n) is 8.86. The average molecular weight is 418 g/mol. The van der Waals surface area contributed by atoms with Crippen LogP contribution >= 0.6 is 0 Å². The van der Waals surface area contributed by atoms with Crippen LogP contribution in [0.3, 0.4) is 0 Å². The molecule has 8 heteroatoms. The van der Waals surface area contributed by atoms with Crippen LogP contribution in [0.1, 0.15) is 36.2 Å². The summed E-state index contributed by atoms with van der Waals surface area (Å²) in [5.74, 6) is -1.09. The predicted molar refractivity (Wildman–Crippen MR) is 99.3 cm³/mol. The molecule has 6 rings (SSSR count). The third kappa shape index (κ3) is 2.33. The molecule has 4 aliphatic carbocycles. The minimum absolute atomic E-state index is 0.00517. The van der Waals surface area contributed by atoms with Gasteiger partial charge in [0.05, 0.1) is 16.9 Å². The van der Waals surface area contributed by atoms with Crippen LogP contribution < -0.4 is 0 Å². The van der Waals surface area contributed by atoms with E-state index < -0.39 is 29.0 Å². The molecule has 158 valence electrons. The standard InChI is InChI=1S/C22H21F3N2O3/c1-3-26(18(28)11-4-6-12(7-5-11)22(23,24)25)27-19(29)17-13-8-9-16(15-10-14(13)15)21(17,2)20(27)30/h4-9,13-17H,3,10H2,1-2H3/t13?,14?,15?,16?,17-,21-/m1/s1. The molecule has 0 aromatic heterocycles. The van der Waals surface area contributed by atoms with Crippen molar-refractivity contribution < 1.29 is 27.6 Å². The van der Waals surface area contributed by atoms with Gasteiger partial charge in [0.15, 0.2) is 0 Å². The van der Waals surface area contributed by atoms with Crippen molar-refractivity contribution in [3.05, 3.63) is 47.5 Å². The van der Waals surface area contributed by atoms with E-state index in [2.05, 4.69) is 6.08 Å². The zero-order valence-corrected chi connectivity index (χ0v) is 16.5. The van der Waals surface area contributed by atoms with Gasteiger partial charge in [-0.1, -0.05) is 12.2 Å². The molecule has 3 fully saturated rings. The number of amides is 3. The molecule has 1 heterocycles. The summed E-state index contributed by atoms with van der Waals surface area (Å²) in [5, 5.41) is 2.03. The lowest BCUT2D eigenvalue weighted by Crippen LogP contribution is -2.52.